The van der Waals surface area contributed by atoms with Gasteiger partial charge in [0.25, 0.3) is 0 Å². The van der Waals surface area contributed by atoms with Crippen LogP contribution in [0.1, 0.15) is 441 Å². The molecule has 104 heavy (non-hydrogen) atoms. The first kappa shape index (κ1) is 102. The highest BCUT2D eigenvalue weighted by atomic mass is 31.2. The summed E-state index contributed by atoms with van der Waals surface area (Å²) < 4.78 is 68.9. The monoisotopic (exact) mass is 1520 g/mol. The van der Waals surface area contributed by atoms with Gasteiger partial charge in [0.2, 0.25) is 0 Å². The van der Waals surface area contributed by atoms with Crippen molar-refractivity contribution in [3.63, 3.8) is 0 Å². The number of carbonyl (C=O) groups excluding carboxylic acids is 4. The molecular weight excluding hydrogens is 1350 g/mol. The first-order valence-electron chi connectivity index (χ1n) is 43.7. The van der Waals surface area contributed by atoms with Crippen molar-refractivity contribution in [1.29, 1.82) is 0 Å². The van der Waals surface area contributed by atoms with E-state index in [1.54, 1.807) is 0 Å². The third-order valence-electron chi connectivity index (χ3n) is 20.2. The number of phosphoric acid groups is 2. The second-order valence-corrected chi connectivity index (χ2v) is 35.2. The third-order valence-corrected chi connectivity index (χ3v) is 22.1. The van der Waals surface area contributed by atoms with Gasteiger partial charge in [0.15, 0.2) is 12.2 Å². The molecule has 0 saturated heterocycles. The molecule has 19 heteroatoms. The molecule has 3 N–H and O–H groups in total. The lowest BCUT2D eigenvalue weighted by molar-refractivity contribution is -0.161. The number of hydrogen-bond acceptors (Lipinski definition) is 15. The Morgan fingerprint density at radius 2 is 0.462 bits per heavy atom. The Morgan fingerprint density at radius 3 is 0.683 bits per heavy atom. The topological polar surface area (TPSA) is 237 Å². The average molecular weight is 1520 g/mol. The fourth-order valence-corrected chi connectivity index (χ4v) is 14.7. The molecule has 0 bridgehead atoms. The quantitative estimate of drug-likeness (QED) is 0.0222. The zero-order chi connectivity index (χ0) is 76.7. The van der Waals surface area contributed by atoms with Crippen molar-refractivity contribution in [2.24, 2.45) is 23.7 Å². The number of ether oxygens (including phenoxy) is 4. The minimum absolute atomic E-state index is 0.107. The van der Waals surface area contributed by atoms with E-state index in [0.717, 1.165) is 120 Å². The van der Waals surface area contributed by atoms with Crippen LogP contribution < -0.4 is 0 Å². The van der Waals surface area contributed by atoms with E-state index in [2.05, 4.69) is 55.4 Å². The number of aliphatic hydroxyl groups excluding tert-OH is 1. The second-order valence-electron chi connectivity index (χ2n) is 32.2. The summed E-state index contributed by atoms with van der Waals surface area (Å²) in [5, 5.41) is 10.7. The highest BCUT2D eigenvalue weighted by molar-refractivity contribution is 7.47. The van der Waals surface area contributed by atoms with Gasteiger partial charge in [-0.2, -0.15) is 0 Å². The molecule has 0 rings (SSSR count). The van der Waals surface area contributed by atoms with Crippen LogP contribution in [0.2, 0.25) is 0 Å². The van der Waals surface area contributed by atoms with E-state index in [1.807, 2.05) is 0 Å². The molecule has 0 saturated carbocycles. The Bertz CT molecular complexity index is 2030. The number of esters is 4. The van der Waals surface area contributed by atoms with Gasteiger partial charge in [0.05, 0.1) is 26.4 Å². The van der Waals surface area contributed by atoms with Crippen molar-refractivity contribution in [2.75, 3.05) is 39.6 Å². The number of hydrogen-bond donors (Lipinski definition) is 3. The Balaban J connectivity index is 5.23. The van der Waals surface area contributed by atoms with Gasteiger partial charge in [-0.1, -0.05) is 389 Å². The smallest absolute Gasteiger partial charge is 0.462 e. The number of phosphoric ester groups is 2. The predicted octanol–water partition coefficient (Wildman–Crippen LogP) is 25.6. The Labute approximate surface area is 638 Å². The molecule has 0 aliphatic rings. The fourth-order valence-electron chi connectivity index (χ4n) is 13.1. The van der Waals surface area contributed by atoms with Gasteiger partial charge in [-0.15, -0.1) is 0 Å². The molecule has 0 aliphatic carbocycles. The molecule has 0 aromatic carbocycles. The molecule has 0 radical (unpaired) electrons. The summed E-state index contributed by atoms with van der Waals surface area (Å²) in [6.45, 7) is 14.3. The van der Waals surface area contributed by atoms with E-state index < -0.39 is 97.5 Å². The van der Waals surface area contributed by atoms with E-state index in [1.165, 1.54) is 238 Å². The molecule has 0 aromatic heterocycles. The Kier molecular flexibility index (Phi) is 72.5. The van der Waals surface area contributed by atoms with Crippen LogP contribution in [0.4, 0.5) is 0 Å². The predicted molar refractivity (Wildman–Crippen MR) is 428 cm³/mol. The molecule has 0 amide bonds. The number of carbonyl (C=O) groups is 4. The second kappa shape index (κ2) is 73.8. The molecule has 618 valence electrons. The van der Waals surface area contributed by atoms with Crippen LogP contribution in [0.5, 0.6) is 0 Å². The lowest BCUT2D eigenvalue weighted by atomic mass is 10.00. The van der Waals surface area contributed by atoms with Gasteiger partial charge in [-0.25, -0.2) is 9.13 Å². The van der Waals surface area contributed by atoms with Crippen LogP contribution >= 0.6 is 15.6 Å². The maximum Gasteiger partial charge on any atom is 0.472 e. The van der Waals surface area contributed by atoms with E-state index in [9.17, 15) is 43.2 Å². The first-order chi connectivity index (χ1) is 50.1. The maximum atomic E-state index is 13.1. The average Bonchev–Trinajstić information content (AvgIpc) is 0.921. The number of aliphatic hydroxyl groups is 1. The number of unbranched alkanes of at least 4 members (excludes halogenated alkanes) is 47. The van der Waals surface area contributed by atoms with E-state index >= 15 is 0 Å². The van der Waals surface area contributed by atoms with Gasteiger partial charge in [-0.3, -0.25) is 37.3 Å². The molecule has 17 nitrogen and oxygen atoms in total. The van der Waals surface area contributed by atoms with Gasteiger partial charge < -0.3 is 33.8 Å². The lowest BCUT2D eigenvalue weighted by Gasteiger charge is -2.21. The summed E-state index contributed by atoms with van der Waals surface area (Å²) >= 11 is 0. The molecule has 0 spiro atoms. The molecule has 0 aliphatic heterocycles. The van der Waals surface area contributed by atoms with Gasteiger partial charge in [0, 0.05) is 25.7 Å². The molecule has 0 heterocycles. The fraction of sp³-hybridized carbons (Fsp3) is 0.953. The molecule has 0 fully saturated rings. The van der Waals surface area contributed by atoms with Crippen molar-refractivity contribution in [2.45, 2.75) is 459 Å². The first-order valence-corrected chi connectivity index (χ1v) is 46.7. The largest absolute Gasteiger partial charge is 0.472 e. The van der Waals surface area contributed by atoms with Crippen molar-refractivity contribution in [3.8, 4) is 0 Å². The zero-order valence-corrected chi connectivity index (χ0v) is 70.5. The van der Waals surface area contributed by atoms with Crippen LogP contribution in [-0.4, -0.2) is 96.7 Å². The Morgan fingerprint density at radius 1 is 0.269 bits per heavy atom. The van der Waals surface area contributed by atoms with E-state index in [0.29, 0.717) is 25.7 Å². The van der Waals surface area contributed by atoms with Crippen LogP contribution in [0.25, 0.3) is 0 Å². The maximum absolute atomic E-state index is 13.1. The third kappa shape index (κ3) is 76.8. The molecular formula is C85H166O17P2. The normalized spacial score (nSPS) is 14.2. The number of rotatable bonds is 82. The summed E-state index contributed by atoms with van der Waals surface area (Å²) in [6.07, 6.45) is 62.5. The van der Waals surface area contributed by atoms with Crippen molar-refractivity contribution in [3.05, 3.63) is 0 Å². The molecule has 0 aromatic rings. The minimum atomic E-state index is -4.97. The van der Waals surface area contributed by atoms with Crippen LogP contribution in [0.3, 0.4) is 0 Å². The summed E-state index contributed by atoms with van der Waals surface area (Å²) in [5.74, 6) is 1.03. The lowest BCUT2D eigenvalue weighted by Crippen LogP contribution is -2.30. The zero-order valence-electron chi connectivity index (χ0n) is 68.7. The summed E-state index contributed by atoms with van der Waals surface area (Å²) in [4.78, 5) is 73.2. The molecule has 6 atom stereocenters. The van der Waals surface area contributed by atoms with Gasteiger partial charge >= 0.3 is 39.5 Å². The summed E-state index contributed by atoms with van der Waals surface area (Å²) in [6, 6.07) is 0. The highest BCUT2D eigenvalue weighted by Gasteiger charge is 2.30. The van der Waals surface area contributed by atoms with Crippen molar-refractivity contribution in [1.82, 2.24) is 0 Å². The van der Waals surface area contributed by atoms with E-state index in [-0.39, 0.29) is 25.7 Å². The Hall–Kier alpha value is -1.94. The minimum Gasteiger partial charge on any atom is -0.462 e. The van der Waals surface area contributed by atoms with Crippen molar-refractivity contribution >= 4 is 39.5 Å². The van der Waals surface area contributed by atoms with Crippen LogP contribution in [0.15, 0.2) is 0 Å². The summed E-state index contributed by atoms with van der Waals surface area (Å²) in [5.41, 5.74) is 0. The van der Waals surface area contributed by atoms with Crippen LogP contribution in [0, 0.1) is 23.7 Å². The van der Waals surface area contributed by atoms with Gasteiger partial charge in [0.1, 0.15) is 19.3 Å². The van der Waals surface area contributed by atoms with Crippen molar-refractivity contribution < 1.29 is 80.2 Å². The van der Waals surface area contributed by atoms with Crippen LogP contribution in [-0.2, 0) is 65.4 Å². The SMILES string of the molecule is CCC(C)CCCCCCCCC(=O)OC[C@H](COP(=O)(O)OC[C@H](O)COP(=O)(O)OC[C@@H](COC(=O)CCCCCCCCCCCCCCCCCC(C)C)OC(=O)CCCCCCCCCCCCCCCCC(C)C)OC(=O)CCCCCCCCCCCCCCCCCCC(C)C. The molecule has 3 unspecified atom stereocenters. The highest BCUT2D eigenvalue weighted by Crippen LogP contribution is 2.45. The van der Waals surface area contributed by atoms with Gasteiger partial charge in [-0.05, 0) is 49.4 Å². The standard InChI is InChI=1S/C85H166O17P2/c1-9-78(8)64-56-48-43-44-50-58-66-83(88)96-72-81(102-85(90)68-59-51-41-35-29-23-15-11-10-13-19-25-31-37-45-53-61-75(2)3)74-100-104(93,94)98-70-79(86)69-97-103(91,92)99-73-80(101-84(89)67-60-52-42-36-30-24-18-17-21-27-33-39-47-55-63-77(6)7)71-95-82(87)65-57-49-40-34-28-22-16-12-14-20-26-32-38-46-54-62-76(4)5/h75-81,86H,9-74H2,1-8H3,(H,91,92)(H,93,94)/t78?,79-,80-,81-/m1/s1. The van der Waals surface area contributed by atoms with E-state index in [4.69, 9.17) is 37.0 Å². The summed E-state index contributed by atoms with van der Waals surface area (Å²) in [7, 11) is -9.93.